The highest BCUT2D eigenvalue weighted by Gasteiger charge is 2.38. The van der Waals surface area contributed by atoms with Crippen molar-refractivity contribution in [1.82, 2.24) is 30.4 Å². The largest absolute Gasteiger partial charge is 0.368 e. The molecule has 2 fully saturated rings. The van der Waals surface area contributed by atoms with Crippen LogP contribution in [0.4, 0.5) is 0 Å². The van der Waals surface area contributed by atoms with Gasteiger partial charge in [0.15, 0.2) is 0 Å². The van der Waals surface area contributed by atoms with Crippen LogP contribution in [0.3, 0.4) is 0 Å². The zero-order valence-electron chi connectivity index (χ0n) is 16.2. The van der Waals surface area contributed by atoms with Crippen LogP contribution in [0.2, 0.25) is 0 Å². The van der Waals surface area contributed by atoms with E-state index in [9.17, 15) is 19.2 Å². The first-order valence-electron chi connectivity index (χ1n) is 9.37. The van der Waals surface area contributed by atoms with Crippen molar-refractivity contribution < 1.29 is 19.2 Å². The number of aromatic amines is 1. The van der Waals surface area contributed by atoms with E-state index in [-0.39, 0.29) is 18.7 Å². The van der Waals surface area contributed by atoms with Crippen molar-refractivity contribution in [2.24, 2.45) is 5.73 Å². The molecule has 0 radical (unpaired) electrons. The van der Waals surface area contributed by atoms with Gasteiger partial charge in [0.2, 0.25) is 23.6 Å². The minimum absolute atomic E-state index is 0.0556. The molecule has 0 aliphatic carbocycles. The first-order valence-corrected chi connectivity index (χ1v) is 9.37. The molecule has 3 atom stereocenters. The Balaban J connectivity index is 1.76. The van der Waals surface area contributed by atoms with Gasteiger partial charge in [-0.25, -0.2) is 4.98 Å². The lowest BCUT2D eigenvalue weighted by atomic mass is 10.1. The van der Waals surface area contributed by atoms with Gasteiger partial charge in [-0.2, -0.15) is 0 Å². The van der Waals surface area contributed by atoms with E-state index in [2.05, 4.69) is 27.2 Å². The second-order valence-electron chi connectivity index (χ2n) is 7.23. The zero-order chi connectivity index (χ0) is 21.1. The molecule has 0 aromatic carbocycles. The molecule has 156 valence electrons. The molecular weight excluding hydrogens is 378 g/mol. The van der Waals surface area contributed by atoms with Gasteiger partial charge in [0.25, 0.3) is 0 Å². The molecule has 5 N–H and O–H groups in total. The van der Waals surface area contributed by atoms with Gasteiger partial charge < -0.3 is 31.2 Å². The molecule has 1 aromatic heterocycles. The number of hydrogen-bond acceptors (Lipinski definition) is 6. The van der Waals surface area contributed by atoms with Crippen LogP contribution in [0.25, 0.3) is 0 Å². The molecule has 2 saturated heterocycles. The lowest BCUT2D eigenvalue weighted by Gasteiger charge is -2.33. The average molecular weight is 403 g/mol. The molecule has 3 rings (SSSR count). The van der Waals surface area contributed by atoms with Crippen molar-refractivity contribution >= 4 is 23.6 Å². The van der Waals surface area contributed by atoms with Crippen LogP contribution in [0, 0.1) is 0 Å². The third kappa shape index (κ3) is 4.39. The van der Waals surface area contributed by atoms with Gasteiger partial charge in [0.1, 0.15) is 23.9 Å². The molecular formula is C18H25N7O4. The Morgan fingerprint density at radius 2 is 2.21 bits per heavy atom. The first-order chi connectivity index (χ1) is 13.8. The van der Waals surface area contributed by atoms with E-state index in [0.29, 0.717) is 30.9 Å². The molecule has 1 aromatic rings. The number of amides is 4. The van der Waals surface area contributed by atoms with Crippen molar-refractivity contribution in [1.29, 1.82) is 0 Å². The molecule has 3 heterocycles. The summed E-state index contributed by atoms with van der Waals surface area (Å²) in [6, 6.07) is -2.46. The fourth-order valence-corrected chi connectivity index (χ4v) is 3.58. The number of carbonyl (C=O) groups excluding carboxylic acids is 4. The predicted molar refractivity (Wildman–Crippen MR) is 102 cm³/mol. The fraction of sp³-hybridized carbons (Fsp3) is 0.500. The van der Waals surface area contributed by atoms with Gasteiger partial charge in [-0.05, 0) is 12.8 Å². The molecule has 3 unspecified atom stereocenters. The Morgan fingerprint density at radius 3 is 2.83 bits per heavy atom. The van der Waals surface area contributed by atoms with Crippen molar-refractivity contribution in [3.8, 4) is 0 Å². The predicted octanol–water partition coefficient (Wildman–Crippen LogP) is -1.80. The normalized spacial score (nSPS) is 22.9. The third-order valence-electron chi connectivity index (χ3n) is 5.27. The summed E-state index contributed by atoms with van der Waals surface area (Å²) in [5.41, 5.74) is 6.07. The van der Waals surface area contributed by atoms with Gasteiger partial charge >= 0.3 is 0 Å². The van der Waals surface area contributed by atoms with Crippen LogP contribution in [0.1, 0.15) is 25.0 Å². The van der Waals surface area contributed by atoms with Crippen LogP contribution in [-0.4, -0.2) is 75.1 Å². The van der Waals surface area contributed by atoms with Crippen molar-refractivity contribution in [2.45, 2.75) is 43.8 Å². The monoisotopic (exact) mass is 403 g/mol. The van der Waals surface area contributed by atoms with E-state index >= 15 is 0 Å². The quantitative estimate of drug-likeness (QED) is 0.440. The van der Waals surface area contributed by atoms with Gasteiger partial charge in [-0.3, -0.25) is 19.2 Å². The molecule has 4 amide bonds. The van der Waals surface area contributed by atoms with E-state index in [1.807, 2.05) is 0 Å². The summed E-state index contributed by atoms with van der Waals surface area (Å²) in [7, 11) is 1.56. The van der Waals surface area contributed by atoms with Gasteiger partial charge in [0.05, 0.1) is 12.7 Å². The fourth-order valence-electron chi connectivity index (χ4n) is 3.58. The Labute approximate surface area is 167 Å². The van der Waals surface area contributed by atoms with Gasteiger partial charge in [-0.1, -0.05) is 6.58 Å². The molecule has 29 heavy (non-hydrogen) atoms. The summed E-state index contributed by atoms with van der Waals surface area (Å²) in [5, 5.41) is 5.59. The minimum Gasteiger partial charge on any atom is -0.368 e. The molecule has 0 spiro atoms. The highest BCUT2D eigenvalue weighted by molar-refractivity contribution is 5.95. The molecule has 11 heteroatoms. The van der Waals surface area contributed by atoms with Crippen molar-refractivity contribution in [3.63, 3.8) is 0 Å². The number of carbonyl (C=O) groups is 4. The van der Waals surface area contributed by atoms with Crippen LogP contribution < -0.4 is 16.4 Å². The SMILES string of the molecule is C=C1NC(C(=O)NC(Cc2cnc[nH]2)C(=O)N2CCCC2C(N)=O)CC(=O)N1C. The average Bonchev–Trinajstić information content (AvgIpc) is 3.36. The summed E-state index contributed by atoms with van der Waals surface area (Å²) in [6.45, 7) is 4.11. The number of nitrogens with two attached hydrogens (primary N) is 1. The molecule has 2 aliphatic rings. The maximum atomic E-state index is 13.1. The van der Waals surface area contributed by atoms with Crippen LogP contribution in [0.5, 0.6) is 0 Å². The second kappa shape index (κ2) is 8.33. The molecule has 0 bridgehead atoms. The van der Waals surface area contributed by atoms with Crippen LogP contribution in [-0.2, 0) is 25.6 Å². The number of likely N-dealkylation sites (tertiary alicyclic amines) is 1. The van der Waals surface area contributed by atoms with Crippen LogP contribution >= 0.6 is 0 Å². The third-order valence-corrected chi connectivity index (χ3v) is 5.27. The number of H-pyrrole nitrogens is 1. The standard InChI is InChI=1S/C18H25N7O4/c1-10-22-12(7-15(26)24(10)2)17(28)23-13(6-11-8-20-9-21-11)18(29)25-5-3-4-14(25)16(19)27/h8-9,12-14,22H,1,3-7H2,2H3,(H2,19,27)(H,20,21)(H,23,28). The summed E-state index contributed by atoms with van der Waals surface area (Å²) in [4.78, 5) is 59.2. The zero-order valence-corrected chi connectivity index (χ0v) is 16.2. The number of primary amides is 1. The Bertz CT molecular complexity index is 804. The number of aromatic nitrogens is 2. The molecule has 2 aliphatic heterocycles. The number of nitrogens with one attached hydrogen (secondary N) is 3. The first kappa shape index (κ1) is 20.4. The lowest BCUT2D eigenvalue weighted by Crippen LogP contribution is -2.59. The number of nitrogens with zero attached hydrogens (tertiary/aromatic N) is 3. The summed E-state index contributed by atoms with van der Waals surface area (Å²) < 4.78 is 0. The van der Waals surface area contributed by atoms with Gasteiger partial charge in [0, 0.05) is 31.9 Å². The minimum atomic E-state index is -0.937. The topological polar surface area (TPSA) is 154 Å². The molecule has 0 saturated carbocycles. The van der Waals surface area contributed by atoms with Crippen molar-refractivity contribution in [2.75, 3.05) is 13.6 Å². The number of imidazole rings is 1. The van der Waals surface area contributed by atoms with E-state index in [0.717, 1.165) is 0 Å². The summed E-state index contributed by atoms with van der Waals surface area (Å²) >= 11 is 0. The maximum absolute atomic E-state index is 13.1. The van der Waals surface area contributed by atoms with Crippen LogP contribution in [0.15, 0.2) is 24.9 Å². The van der Waals surface area contributed by atoms with Crippen molar-refractivity contribution in [3.05, 3.63) is 30.6 Å². The highest BCUT2D eigenvalue weighted by Crippen LogP contribution is 2.19. The Morgan fingerprint density at radius 1 is 1.45 bits per heavy atom. The summed E-state index contributed by atoms with van der Waals surface area (Å²) in [5.74, 6) is -1.40. The number of rotatable bonds is 6. The smallest absolute Gasteiger partial charge is 0.246 e. The van der Waals surface area contributed by atoms with E-state index in [1.165, 1.54) is 16.1 Å². The van der Waals surface area contributed by atoms with Gasteiger partial charge in [-0.15, -0.1) is 0 Å². The van der Waals surface area contributed by atoms with E-state index < -0.39 is 35.8 Å². The number of hydrogen-bond donors (Lipinski definition) is 4. The lowest BCUT2D eigenvalue weighted by molar-refractivity contribution is -0.141. The second-order valence-corrected chi connectivity index (χ2v) is 7.23. The van der Waals surface area contributed by atoms with E-state index in [1.54, 1.807) is 13.2 Å². The Hall–Kier alpha value is -3.37. The Kier molecular flexibility index (Phi) is 5.85. The van der Waals surface area contributed by atoms with E-state index in [4.69, 9.17) is 5.73 Å². The maximum Gasteiger partial charge on any atom is 0.246 e. The highest BCUT2D eigenvalue weighted by atomic mass is 16.2. The summed E-state index contributed by atoms with van der Waals surface area (Å²) in [6.07, 6.45) is 4.29. The molecule has 11 nitrogen and oxygen atoms in total.